The summed E-state index contributed by atoms with van der Waals surface area (Å²) in [6.07, 6.45) is 0.801. The zero-order valence-corrected chi connectivity index (χ0v) is 14.3. The Bertz CT molecular complexity index is 623. The molecule has 3 nitrogen and oxygen atoms in total. The van der Waals surface area contributed by atoms with Crippen LogP contribution >= 0.6 is 0 Å². The van der Waals surface area contributed by atoms with Crippen molar-refractivity contribution in [2.45, 2.75) is 32.4 Å². The minimum absolute atomic E-state index is 0.0859. The zero-order valence-electron chi connectivity index (χ0n) is 14.3. The van der Waals surface area contributed by atoms with E-state index in [9.17, 15) is 4.79 Å². The number of carbonyl (C=O) groups excluding carboxylic acids is 1. The molecule has 2 rings (SSSR count). The summed E-state index contributed by atoms with van der Waals surface area (Å²) in [5, 5.41) is 3.10. The zero-order chi connectivity index (χ0) is 16.7. The number of hydrogen-bond donors (Lipinski definition) is 1. The lowest BCUT2D eigenvalue weighted by Gasteiger charge is -2.18. The number of nitrogens with zero attached hydrogens (tertiary/aromatic N) is 1. The molecule has 0 aliphatic carbocycles. The van der Waals surface area contributed by atoms with E-state index < -0.39 is 0 Å². The van der Waals surface area contributed by atoms with Gasteiger partial charge < -0.3 is 10.2 Å². The third-order valence-electron chi connectivity index (χ3n) is 3.98. The lowest BCUT2D eigenvalue weighted by Crippen LogP contribution is -2.29. The van der Waals surface area contributed by atoms with E-state index in [2.05, 4.69) is 43.4 Å². The first-order valence-electron chi connectivity index (χ1n) is 8.16. The second kappa shape index (κ2) is 8.49. The molecular weight excluding hydrogens is 284 g/mol. The van der Waals surface area contributed by atoms with Gasteiger partial charge >= 0.3 is 0 Å². The predicted molar refractivity (Wildman–Crippen MR) is 95.2 cm³/mol. The Labute approximate surface area is 139 Å². The van der Waals surface area contributed by atoms with E-state index in [0.717, 1.165) is 18.5 Å². The molecule has 122 valence electrons. The summed E-state index contributed by atoms with van der Waals surface area (Å²) in [6, 6.07) is 18.3. The van der Waals surface area contributed by atoms with Gasteiger partial charge in [0.1, 0.15) is 0 Å². The normalized spacial score (nSPS) is 12.2. The fourth-order valence-electron chi connectivity index (χ4n) is 2.79. The first kappa shape index (κ1) is 17.2. The molecule has 0 saturated carbocycles. The van der Waals surface area contributed by atoms with Crippen molar-refractivity contribution in [1.82, 2.24) is 10.2 Å². The highest BCUT2D eigenvalue weighted by Gasteiger charge is 2.18. The van der Waals surface area contributed by atoms with Gasteiger partial charge in [0.25, 0.3) is 0 Å². The highest BCUT2D eigenvalue weighted by molar-refractivity contribution is 5.83. The Morgan fingerprint density at radius 3 is 2.22 bits per heavy atom. The maximum atomic E-state index is 12.6. The second-order valence-electron chi connectivity index (χ2n) is 6.10. The summed E-state index contributed by atoms with van der Waals surface area (Å²) in [4.78, 5) is 14.7. The Kier molecular flexibility index (Phi) is 6.36. The van der Waals surface area contributed by atoms with Crippen molar-refractivity contribution in [1.29, 1.82) is 0 Å². The van der Waals surface area contributed by atoms with Crippen molar-refractivity contribution in [3.8, 4) is 0 Å². The van der Waals surface area contributed by atoms with Crippen LogP contribution in [0.25, 0.3) is 0 Å². The van der Waals surface area contributed by atoms with E-state index in [1.807, 2.05) is 42.5 Å². The maximum absolute atomic E-state index is 12.6. The molecular formula is C20H26N2O. The molecule has 23 heavy (non-hydrogen) atoms. The van der Waals surface area contributed by atoms with Crippen molar-refractivity contribution in [2.75, 3.05) is 14.1 Å². The summed E-state index contributed by atoms with van der Waals surface area (Å²) < 4.78 is 0. The Hall–Kier alpha value is -2.13. The molecule has 0 aliphatic heterocycles. The second-order valence-corrected chi connectivity index (χ2v) is 6.10. The van der Waals surface area contributed by atoms with Crippen LogP contribution in [0.5, 0.6) is 0 Å². The molecule has 2 aromatic carbocycles. The van der Waals surface area contributed by atoms with Crippen LogP contribution in [-0.4, -0.2) is 24.9 Å². The summed E-state index contributed by atoms with van der Waals surface area (Å²) >= 11 is 0. The molecule has 0 saturated heterocycles. The highest BCUT2D eigenvalue weighted by atomic mass is 16.1. The fourth-order valence-corrected chi connectivity index (χ4v) is 2.79. The molecule has 0 aromatic heterocycles. The van der Waals surface area contributed by atoms with Crippen molar-refractivity contribution in [2.24, 2.45) is 0 Å². The van der Waals surface area contributed by atoms with E-state index in [0.29, 0.717) is 6.54 Å². The first-order valence-corrected chi connectivity index (χ1v) is 8.16. The predicted octanol–water partition coefficient (Wildman–Crippen LogP) is 3.56. The van der Waals surface area contributed by atoms with Gasteiger partial charge in [0.15, 0.2) is 0 Å². The molecule has 1 atom stereocenters. The van der Waals surface area contributed by atoms with E-state index in [4.69, 9.17) is 0 Å². The smallest absolute Gasteiger partial charge is 0.227 e. The molecule has 2 aromatic rings. The number of hydrogen-bond acceptors (Lipinski definition) is 2. The van der Waals surface area contributed by atoms with E-state index in [1.54, 1.807) is 0 Å². The molecule has 0 radical (unpaired) electrons. The molecule has 3 heteroatoms. The summed E-state index contributed by atoms with van der Waals surface area (Å²) in [7, 11) is 4.11. The Morgan fingerprint density at radius 2 is 1.61 bits per heavy atom. The quantitative estimate of drug-likeness (QED) is 0.848. The minimum Gasteiger partial charge on any atom is -0.351 e. The van der Waals surface area contributed by atoms with Gasteiger partial charge in [-0.2, -0.15) is 0 Å². The van der Waals surface area contributed by atoms with Gasteiger partial charge in [0.2, 0.25) is 5.91 Å². The van der Waals surface area contributed by atoms with Crippen LogP contribution < -0.4 is 5.32 Å². The molecule has 0 aliphatic rings. The first-order chi connectivity index (χ1) is 11.1. The van der Waals surface area contributed by atoms with Crippen LogP contribution in [0.15, 0.2) is 54.6 Å². The molecule has 1 unspecified atom stereocenters. The average molecular weight is 310 g/mol. The average Bonchev–Trinajstić information content (AvgIpc) is 2.55. The van der Waals surface area contributed by atoms with Gasteiger partial charge in [-0.05, 0) is 37.2 Å². The van der Waals surface area contributed by atoms with Gasteiger partial charge in [0, 0.05) is 13.1 Å². The summed E-state index contributed by atoms with van der Waals surface area (Å²) in [5.41, 5.74) is 3.51. The fraction of sp³-hybridized carbons (Fsp3) is 0.350. The summed E-state index contributed by atoms with van der Waals surface area (Å²) in [5.74, 6) is 0.00978. The van der Waals surface area contributed by atoms with Crippen LogP contribution in [0.4, 0.5) is 0 Å². The minimum atomic E-state index is -0.0859. The van der Waals surface area contributed by atoms with Gasteiger partial charge in [-0.3, -0.25) is 4.79 Å². The number of benzene rings is 2. The van der Waals surface area contributed by atoms with Gasteiger partial charge in [-0.15, -0.1) is 0 Å². The number of rotatable bonds is 7. The molecule has 1 N–H and O–H groups in total. The third kappa shape index (κ3) is 4.93. The molecule has 0 bridgehead atoms. The van der Waals surface area contributed by atoms with Crippen LogP contribution in [0, 0.1) is 0 Å². The number of nitrogens with one attached hydrogen (secondary N) is 1. The Morgan fingerprint density at radius 1 is 1.00 bits per heavy atom. The maximum Gasteiger partial charge on any atom is 0.227 e. The van der Waals surface area contributed by atoms with Crippen molar-refractivity contribution >= 4 is 5.91 Å². The van der Waals surface area contributed by atoms with Gasteiger partial charge in [0.05, 0.1) is 5.92 Å². The number of carbonyl (C=O) groups is 1. The molecule has 0 spiro atoms. The van der Waals surface area contributed by atoms with E-state index >= 15 is 0 Å². The SMILES string of the molecule is CCC(C(=O)NCc1ccccc1CN(C)C)c1ccccc1. The van der Waals surface area contributed by atoms with E-state index in [-0.39, 0.29) is 11.8 Å². The topological polar surface area (TPSA) is 32.3 Å². The standard InChI is InChI=1S/C20H26N2O/c1-4-19(16-10-6-5-7-11-16)20(23)21-14-17-12-8-9-13-18(17)15-22(2)3/h5-13,19H,4,14-15H2,1-3H3,(H,21,23). The molecule has 0 fully saturated rings. The lowest BCUT2D eigenvalue weighted by molar-refractivity contribution is -0.122. The van der Waals surface area contributed by atoms with Gasteiger partial charge in [-0.25, -0.2) is 0 Å². The van der Waals surface area contributed by atoms with Crippen molar-refractivity contribution < 1.29 is 4.79 Å². The van der Waals surface area contributed by atoms with Gasteiger partial charge in [-0.1, -0.05) is 61.5 Å². The number of amides is 1. The van der Waals surface area contributed by atoms with Crippen molar-refractivity contribution in [3.05, 3.63) is 71.3 Å². The van der Waals surface area contributed by atoms with Crippen LogP contribution in [0.3, 0.4) is 0 Å². The van der Waals surface area contributed by atoms with Crippen LogP contribution in [0.2, 0.25) is 0 Å². The summed E-state index contributed by atoms with van der Waals surface area (Å²) in [6.45, 7) is 3.51. The van der Waals surface area contributed by atoms with Crippen LogP contribution in [0.1, 0.15) is 36.0 Å². The molecule has 1 amide bonds. The van der Waals surface area contributed by atoms with Crippen molar-refractivity contribution in [3.63, 3.8) is 0 Å². The highest BCUT2D eigenvalue weighted by Crippen LogP contribution is 2.19. The largest absolute Gasteiger partial charge is 0.351 e. The Balaban J connectivity index is 2.04. The van der Waals surface area contributed by atoms with E-state index in [1.165, 1.54) is 11.1 Å². The monoisotopic (exact) mass is 310 g/mol. The van der Waals surface area contributed by atoms with Crippen LogP contribution in [-0.2, 0) is 17.9 Å². The lowest BCUT2D eigenvalue weighted by atomic mass is 9.95. The molecule has 0 heterocycles. The third-order valence-corrected chi connectivity index (χ3v) is 3.98.